The highest BCUT2D eigenvalue weighted by Crippen LogP contribution is 2.42. The predicted octanol–water partition coefficient (Wildman–Crippen LogP) is 4.02. The first-order valence-corrected chi connectivity index (χ1v) is 11.0. The molecule has 0 fully saturated rings. The smallest absolute Gasteiger partial charge is 0.241 e. The van der Waals surface area contributed by atoms with E-state index in [9.17, 15) is 9.59 Å². The van der Waals surface area contributed by atoms with E-state index in [1.54, 1.807) is 0 Å². The predicted molar refractivity (Wildman–Crippen MR) is 122 cm³/mol. The Hall–Kier alpha value is -3.00. The van der Waals surface area contributed by atoms with Gasteiger partial charge in [-0.2, -0.15) is 0 Å². The summed E-state index contributed by atoms with van der Waals surface area (Å²) in [5, 5.41) is 8.21. The summed E-state index contributed by atoms with van der Waals surface area (Å²) < 4.78 is 11.9. The second kappa shape index (κ2) is 10.3. The Bertz CT molecular complexity index is 993. The first-order chi connectivity index (χ1) is 14.9. The van der Waals surface area contributed by atoms with Gasteiger partial charge in [-0.15, -0.1) is 5.10 Å². The zero-order chi connectivity index (χ0) is 22.4. The molecule has 8 heteroatoms. The summed E-state index contributed by atoms with van der Waals surface area (Å²) in [5.74, 6) is 1.02. The van der Waals surface area contributed by atoms with Gasteiger partial charge in [-0.05, 0) is 42.7 Å². The van der Waals surface area contributed by atoms with Gasteiger partial charge in [0.05, 0.1) is 0 Å². The highest BCUT2D eigenvalue weighted by Gasteiger charge is 2.34. The average Bonchev–Trinajstić information content (AvgIpc) is 3.14. The lowest BCUT2D eigenvalue weighted by Gasteiger charge is -2.22. The van der Waals surface area contributed by atoms with E-state index in [4.69, 9.17) is 9.47 Å². The normalized spacial score (nSPS) is 15.4. The summed E-state index contributed by atoms with van der Waals surface area (Å²) in [6, 6.07) is 13.7. The Balaban J connectivity index is 1.66. The minimum Gasteiger partial charge on any atom is -0.490 e. The molecule has 31 heavy (non-hydrogen) atoms. The van der Waals surface area contributed by atoms with Crippen molar-refractivity contribution in [1.29, 1.82) is 0 Å². The van der Waals surface area contributed by atoms with Gasteiger partial charge < -0.3 is 14.8 Å². The maximum absolute atomic E-state index is 12.1. The van der Waals surface area contributed by atoms with Gasteiger partial charge in [-0.1, -0.05) is 43.0 Å². The lowest BCUT2D eigenvalue weighted by molar-refractivity contribution is -0.129. The molecule has 0 aromatic heterocycles. The van der Waals surface area contributed by atoms with E-state index in [1.165, 1.54) is 36.2 Å². The van der Waals surface area contributed by atoms with Crippen LogP contribution in [0.25, 0.3) is 0 Å². The van der Waals surface area contributed by atoms with Crippen LogP contribution in [0.5, 0.6) is 11.5 Å². The van der Waals surface area contributed by atoms with Gasteiger partial charge in [0.15, 0.2) is 5.17 Å². The molecule has 7 nitrogen and oxygen atoms in total. The lowest BCUT2D eigenvalue weighted by atomic mass is 10.1. The first kappa shape index (κ1) is 22.7. The molecule has 1 atom stereocenters. The van der Waals surface area contributed by atoms with E-state index < -0.39 is 5.37 Å². The van der Waals surface area contributed by atoms with Gasteiger partial charge in [0.1, 0.15) is 30.1 Å². The highest BCUT2D eigenvalue weighted by atomic mass is 32.2. The summed E-state index contributed by atoms with van der Waals surface area (Å²) in [6.45, 7) is 7.76. The van der Waals surface area contributed by atoms with E-state index >= 15 is 0 Å². The van der Waals surface area contributed by atoms with Crippen LogP contribution in [-0.4, -0.2) is 35.2 Å². The number of benzene rings is 2. The molecule has 1 aliphatic heterocycles. The number of carbonyl (C=O) groups is 2. The molecule has 0 radical (unpaired) electrons. The zero-order valence-corrected chi connectivity index (χ0v) is 19.0. The van der Waals surface area contributed by atoms with Gasteiger partial charge in [0.25, 0.3) is 0 Å². The summed E-state index contributed by atoms with van der Waals surface area (Å²) in [4.78, 5) is 23.5. The van der Waals surface area contributed by atoms with Crippen LogP contribution in [0.15, 0.2) is 47.6 Å². The van der Waals surface area contributed by atoms with Gasteiger partial charge in [-0.25, -0.2) is 5.01 Å². The molecule has 2 amide bonds. The average molecular weight is 442 g/mol. The van der Waals surface area contributed by atoms with Gasteiger partial charge in [0, 0.05) is 19.4 Å². The van der Waals surface area contributed by atoms with Crippen LogP contribution >= 0.6 is 11.8 Å². The van der Waals surface area contributed by atoms with Gasteiger partial charge in [-0.3, -0.25) is 9.59 Å². The molecule has 1 aliphatic rings. The number of ether oxygens (including phenoxy) is 2. The molecular formula is C23H27N3O4S. The third kappa shape index (κ3) is 6.01. The minimum absolute atomic E-state index is 0.220. The fourth-order valence-electron chi connectivity index (χ4n) is 3.20. The van der Waals surface area contributed by atoms with Crippen molar-refractivity contribution in [2.75, 3.05) is 13.2 Å². The maximum atomic E-state index is 12.1. The fraction of sp³-hybridized carbons (Fsp3) is 0.348. The number of hydrogen-bond acceptors (Lipinski definition) is 6. The van der Waals surface area contributed by atoms with Crippen molar-refractivity contribution in [3.63, 3.8) is 0 Å². The van der Waals surface area contributed by atoms with Gasteiger partial charge >= 0.3 is 0 Å². The van der Waals surface area contributed by atoms with Crippen molar-refractivity contribution in [2.24, 2.45) is 5.10 Å². The van der Waals surface area contributed by atoms with Crippen LogP contribution in [0.3, 0.4) is 0 Å². The number of amides is 2. The maximum Gasteiger partial charge on any atom is 0.241 e. The molecule has 164 valence electrons. The molecule has 0 spiro atoms. The molecule has 0 unspecified atom stereocenters. The Morgan fingerprint density at radius 1 is 1.13 bits per heavy atom. The molecular weight excluding hydrogens is 414 g/mol. The molecule has 0 aliphatic carbocycles. The number of hydrazone groups is 1. The number of hydrogen-bond donors (Lipinski definition) is 1. The molecule has 0 bridgehead atoms. The molecule has 2 aromatic carbocycles. The van der Waals surface area contributed by atoms with Gasteiger partial charge in [0.2, 0.25) is 11.8 Å². The van der Waals surface area contributed by atoms with E-state index in [1.807, 2.05) is 36.4 Å². The Morgan fingerprint density at radius 2 is 1.87 bits per heavy atom. The number of nitrogens with zero attached hydrogens (tertiary/aromatic N) is 2. The first-order valence-electron chi connectivity index (χ1n) is 10.1. The third-order valence-electron chi connectivity index (χ3n) is 4.56. The van der Waals surface area contributed by atoms with Crippen molar-refractivity contribution in [2.45, 2.75) is 39.5 Å². The van der Waals surface area contributed by atoms with Crippen LogP contribution in [-0.2, 0) is 16.0 Å². The monoisotopic (exact) mass is 441 g/mol. The van der Waals surface area contributed by atoms with Crippen molar-refractivity contribution in [1.82, 2.24) is 10.3 Å². The second-order valence-corrected chi connectivity index (χ2v) is 8.23. The lowest BCUT2D eigenvalue weighted by Crippen LogP contribution is -2.25. The molecule has 3 rings (SSSR count). The number of nitrogens with one attached hydrogen (secondary N) is 1. The number of carbonyl (C=O) groups excluding carboxylic acids is 2. The van der Waals surface area contributed by atoms with Crippen LogP contribution < -0.4 is 14.8 Å². The molecule has 0 saturated carbocycles. The van der Waals surface area contributed by atoms with E-state index in [-0.39, 0.29) is 11.8 Å². The largest absolute Gasteiger partial charge is 0.490 e. The van der Waals surface area contributed by atoms with E-state index in [0.717, 1.165) is 23.3 Å². The zero-order valence-electron chi connectivity index (χ0n) is 18.2. The summed E-state index contributed by atoms with van der Waals surface area (Å²) in [5.41, 5.74) is 3.20. The van der Waals surface area contributed by atoms with Crippen molar-refractivity contribution >= 4 is 28.7 Å². The Morgan fingerprint density at radius 3 is 2.58 bits per heavy atom. The third-order valence-corrected chi connectivity index (χ3v) is 5.65. The van der Waals surface area contributed by atoms with Crippen LogP contribution in [0.2, 0.25) is 0 Å². The van der Waals surface area contributed by atoms with Crippen molar-refractivity contribution in [3.8, 4) is 11.5 Å². The van der Waals surface area contributed by atoms with E-state index in [2.05, 4.69) is 30.3 Å². The van der Waals surface area contributed by atoms with Crippen LogP contribution in [0.4, 0.5) is 0 Å². The van der Waals surface area contributed by atoms with Crippen LogP contribution in [0.1, 0.15) is 42.8 Å². The molecule has 0 saturated heterocycles. The summed E-state index contributed by atoms with van der Waals surface area (Å²) >= 11 is 1.30. The topological polar surface area (TPSA) is 80.2 Å². The molecule has 1 N–H and O–H groups in total. The fourth-order valence-corrected chi connectivity index (χ4v) is 4.37. The highest BCUT2D eigenvalue weighted by molar-refractivity contribution is 8.14. The second-order valence-electron chi connectivity index (χ2n) is 7.16. The van der Waals surface area contributed by atoms with Crippen molar-refractivity contribution < 1.29 is 19.1 Å². The molecule has 2 aromatic rings. The SMILES string of the molecule is CCc1cc(C)cc(OCCOc2ccccc2[C@H]2SC(NC(C)=O)=NN2C(C)=O)c1. The Kier molecular flexibility index (Phi) is 7.57. The number of aryl methyl sites for hydroxylation is 2. The van der Waals surface area contributed by atoms with E-state index in [0.29, 0.717) is 24.1 Å². The number of para-hydroxylation sites is 1. The Labute approximate surface area is 186 Å². The minimum atomic E-state index is -0.416. The number of amidine groups is 1. The standard InChI is InChI=1S/C23H27N3O4S/c1-5-18-12-15(2)13-19(14-18)29-10-11-30-21-9-7-6-8-20(21)22-26(17(4)28)25-23(31-22)24-16(3)27/h6-9,12-14,22H,5,10-11H2,1-4H3,(H,24,25,27)/t22-/m1/s1. The van der Waals surface area contributed by atoms with Crippen molar-refractivity contribution in [3.05, 3.63) is 59.2 Å². The molecule has 1 heterocycles. The quantitative estimate of drug-likeness (QED) is 0.657. The number of rotatable bonds is 7. The summed E-state index contributed by atoms with van der Waals surface area (Å²) in [7, 11) is 0. The number of thioether (sulfide) groups is 1. The summed E-state index contributed by atoms with van der Waals surface area (Å²) in [6.07, 6.45) is 0.955. The van der Waals surface area contributed by atoms with Crippen LogP contribution in [0, 0.1) is 6.92 Å².